The number of methoxy groups -OCH3 is 1. The van der Waals surface area contributed by atoms with Crippen molar-refractivity contribution in [1.29, 1.82) is 0 Å². The van der Waals surface area contributed by atoms with E-state index in [1.54, 1.807) is 7.11 Å². The van der Waals surface area contributed by atoms with E-state index in [1.165, 1.54) is 0 Å². The van der Waals surface area contributed by atoms with Gasteiger partial charge in [-0.3, -0.25) is 0 Å². The molecule has 1 rings (SSSR count). The summed E-state index contributed by atoms with van der Waals surface area (Å²) in [6.45, 7) is 5.71. The Kier molecular flexibility index (Phi) is 5.21. The molecule has 16 heavy (non-hydrogen) atoms. The molecule has 4 nitrogen and oxygen atoms in total. The molecule has 0 aromatic carbocycles. The van der Waals surface area contributed by atoms with Crippen LogP contribution >= 0.6 is 0 Å². The first-order chi connectivity index (χ1) is 7.50. The lowest BCUT2D eigenvalue weighted by molar-refractivity contribution is 0.125. The van der Waals surface area contributed by atoms with Crippen molar-refractivity contribution in [1.82, 2.24) is 5.32 Å². The molecule has 0 spiro atoms. The largest absolute Gasteiger partial charge is 0.384 e. The first-order valence-electron chi connectivity index (χ1n) is 5.93. The maximum Gasteiger partial charge on any atom is 0.150 e. The molecular weight excluding hydrogens is 226 g/mol. The molecule has 0 aromatic rings. The van der Waals surface area contributed by atoms with E-state index in [-0.39, 0.29) is 12.0 Å². The molecule has 0 aromatic heterocycles. The summed E-state index contributed by atoms with van der Waals surface area (Å²) in [5.74, 6) is 1.27. The molecule has 1 aliphatic rings. The molecule has 1 aliphatic heterocycles. The number of hydrogen-bond donors (Lipinski definition) is 1. The second kappa shape index (κ2) is 5.98. The van der Waals surface area contributed by atoms with Crippen LogP contribution in [0.3, 0.4) is 0 Å². The fraction of sp³-hybridized carbons (Fsp3) is 1.00. The molecule has 0 radical (unpaired) electrons. The van der Waals surface area contributed by atoms with Crippen LogP contribution in [0.4, 0.5) is 0 Å². The standard InChI is InChI=1S/C11H23NO3S/c1-4-12-11(9(2)7-15-3)10-5-6-16(13,14)8-10/h9-12H,4-8H2,1-3H3. The number of rotatable bonds is 6. The van der Waals surface area contributed by atoms with Gasteiger partial charge in [0.15, 0.2) is 9.84 Å². The van der Waals surface area contributed by atoms with E-state index in [0.717, 1.165) is 13.0 Å². The van der Waals surface area contributed by atoms with Crippen molar-refractivity contribution in [3.8, 4) is 0 Å². The summed E-state index contributed by atoms with van der Waals surface area (Å²) in [5, 5.41) is 3.40. The van der Waals surface area contributed by atoms with Crippen LogP contribution in [0.1, 0.15) is 20.3 Å². The van der Waals surface area contributed by atoms with Crippen molar-refractivity contribution in [2.45, 2.75) is 26.3 Å². The van der Waals surface area contributed by atoms with Crippen molar-refractivity contribution in [2.75, 3.05) is 31.8 Å². The van der Waals surface area contributed by atoms with Gasteiger partial charge in [0.1, 0.15) is 0 Å². The summed E-state index contributed by atoms with van der Waals surface area (Å²) in [6, 6.07) is 0.252. The predicted octanol–water partition coefficient (Wildman–Crippen LogP) is 0.682. The lowest BCUT2D eigenvalue weighted by Crippen LogP contribution is -2.43. The van der Waals surface area contributed by atoms with E-state index in [9.17, 15) is 8.42 Å². The number of sulfone groups is 1. The van der Waals surface area contributed by atoms with Gasteiger partial charge in [-0.1, -0.05) is 13.8 Å². The lowest BCUT2D eigenvalue weighted by Gasteiger charge is -2.29. The predicted molar refractivity (Wildman–Crippen MR) is 65.3 cm³/mol. The number of ether oxygens (including phenoxy) is 1. The van der Waals surface area contributed by atoms with Gasteiger partial charge in [0.05, 0.1) is 18.1 Å². The van der Waals surface area contributed by atoms with Crippen LogP contribution in [0.15, 0.2) is 0 Å². The summed E-state index contributed by atoms with van der Waals surface area (Å²) in [6.07, 6.45) is 0.786. The van der Waals surface area contributed by atoms with Gasteiger partial charge in [-0.15, -0.1) is 0 Å². The van der Waals surface area contributed by atoms with Gasteiger partial charge >= 0.3 is 0 Å². The third-order valence-corrected chi connectivity index (χ3v) is 5.05. The van der Waals surface area contributed by atoms with E-state index in [4.69, 9.17) is 4.74 Å². The highest BCUT2D eigenvalue weighted by Gasteiger charge is 2.35. The quantitative estimate of drug-likeness (QED) is 0.752. The van der Waals surface area contributed by atoms with Crippen LogP contribution in [-0.2, 0) is 14.6 Å². The molecule has 3 atom stereocenters. The fourth-order valence-corrected chi connectivity index (χ4v) is 4.40. The maximum absolute atomic E-state index is 11.5. The van der Waals surface area contributed by atoms with Crippen molar-refractivity contribution < 1.29 is 13.2 Å². The Labute approximate surface area is 98.7 Å². The zero-order chi connectivity index (χ0) is 12.2. The minimum Gasteiger partial charge on any atom is -0.384 e. The molecule has 1 fully saturated rings. The third kappa shape index (κ3) is 3.71. The van der Waals surface area contributed by atoms with E-state index in [2.05, 4.69) is 19.2 Å². The fourth-order valence-electron chi connectivity index (χ4n) is 2.54. The molecule has 1 heterocycles. The van der Waals surface area contributed by atoms with Crippen LogP contribution in [0.5, 0.6) is 0 Å². The lowest BCUT2D eigenvalue weighted by atomic mass is 9.89. The first kappa shape index (κ1) is 13.9. The van der Waals surface area contributed by atoms with Crippen LogP contribution in [-0.4, -0.2) is 46.2 Å². The summed E-state index contributed by atoms with van der Waals surface area (Å²) >= 11 is 0. The highest BCUT2D eigenvalue weighted by molar-refractivity contribution is 7.91. The van der Waals surface area contributed by atoms with Gasteiger partial charge in [-0.25, -0.2) is 8.42 Å². The summed E-state index contributed by atoms with van der Waals surface area (Å²) < 4.78 is 28.1. The highest BCUT2D eigenvalue weighted by Crippen LogP contribution is 2.25. The zero-order valence-corrected chi connectivity index (χ0v) is 11.2. The molecule has 0 aliphatic carbocycles. The van der Waals surface area contributed by atoms with E-state index >= 15 is 0 Å². The second-order valence-electron chi connectivity index (χ2n) is 4.68. The topological polar surface area (TPSA) is 55.4 Å². The number of hydrogen-bond acceptors (Lipinski definition) is 4. The Morgan fingerprint density at radius 1 is 1.50 bits per heavy atom. The average Bonchev–Trinajstić information content (AvgIpc) is 2.55. The summed E-state index contributed by atoms with van der Waals surface area (Å²) in [7, 11) is -1.10. The van der Waals surface area contributed by atoms with Crippen molar-refractivity contribution in [3.05, 3.63) is 0 Å². The van der Waals surface area contributed by atoms with Crippen molar-refractivity contribution in [3.63, 3.8) is 0 Å². The van der Waals surface area contributed by atoms with E-state index in [1.807, 2.05) is 0 Å². The average molecular weight is 249 g/mol. The molecule has 0 amide bonds. The molecular formula is C11H23NO3S. The van der Waals surface area contributed by atoms with Gasteiger partial charge in [0, 0.05) is 13.2 Å². The van der Waals surface area contributed by atoms with Crippen LogP contribution < -0.4 is 5.32 Å². The second-order valence-corrected chi connectivity index (χ2v) is 6.91. The molecule has 0 saturated carbocycles. The van der Waals surface area contributed by atoms with Gasteiger partial charge in [-0.05, 0) is 24.8 Å². The van der Waals surface area contributed by atoms with Crippen LogP contribution in [0, 0.1) is 11.8 Å². The minimum atomic E-state index is -2.79. The van der Waals surface area contributed by atoms with Crippen molar-refractivity contribution in [2.24, 2.45) is 11.8 Å². The summed E-state index contributed by atoms with van der Waals surface area (Å²) in [5.41, 5.74) is 0. The molecule has 1 N–H and O–H groups in total. The van der Waals surface area contributed by atoms with Gasteiger partial charge in [-0.2, -0.15) is 0 Å². The zero-order valence-electron chi connectivity index (χ0n) is 10.4. The van der Waals surface area contributed by atoms with E-state index < -0.39 is 9.84 Å². The summed E-state index contributed by atoms with van der Waals surface area (Å²) in [4.78, 5) is 0. The normalized spacial score (nSPS) is 27.8. The molecule has 3 unspecified atom stereocenters. The van der Waals surface area contributed by atoms with E-state index in [0.29, 0.717) is 24.0 Å². The monoisotopic (exact) mass is 249 g/mol. The Bertz CT molecular complexity index is 302. The van der Waals surface area contributed by atoms with Gasteiger partial charge in [0.2, 0.25) is 0 Å². The Morgan fingerprint density at radius 3 is 2.62 bits per heavy atom. The Balaban J connectivity index is 2.63. The smallest absolute Gasteiger partial charge is 0.150 e. The van der Waals surface area contributed by atoms with Crippen LogP contribution in [0.2, 0.25) is 0 Å². The molecule has 96 valence electrons. The SMILES string of the molecule is CCNC(C(C)COC)C1CCS(=O)(=O)C1. The van der Waals surface area contributed by atoms with Crippen LogP contribution in [0.25, 0.3) is 0 Å². The minimum absolute atomic E-state index is 0.245. The Morgan fingerprint density at radius 2 is 2.19 bits per heavy atom. The van der Waals surface area contributed by atoms with Crippen molar-refractivity contribution >= 4 is 9.84 Å². The Hall–Kier alpha value is -0.130. The highest BCUT2D eigenvalue weighted by atomic mass is 32.2. The molecule has 1 saturated heterocycles. The van der Waals surface area contributed by atoms with Gasteiger partial charge in [0.25, 0.3) is 0 Å². The first-order valence-corrected chi connectivity index (χ1v) is 7.75. The third-order valence-electron chi connectivity index (χ3n) is 3.26. The van der Waals surface area contributed by atoms with Gasteiger partial charge < -0.3 is 10.1 Å². The molecule has 0 bridgehead atoms. The molecule has 5 heteroatoms. The maximum atomic E-state index is 11.5. The number of nitrogens with one attached hydrogen (secondary N) is 1.